The molecule has 0 aliphatic rings. The van der Waals surface area contributed by atoms with Crippen molar-refractivity contribution in [2.24, 2.45) is 0 Å². The second-order valence-electron chi connectivity index (χ2n) is 6.07. The highest BCUT2D eigenvalue weighted by Crippen LogP contribution is 2.29. The molecule has 136 valence electrons. The molecule has 0 saturated heterocycles. The number of anilines is 1. The number of carbonyl (C=O) groups is 1. The molecule has 3 aromatic rings. The summed E-state index contributed by atoms with van der Waals surface area (Å²) in [7, 11) is 1.65. The van der Waals surface area contributed by atoms with E-state index in [0.717, 1.165) is 16.3 Å². The van der Waals surface area contributed by atoms with Gasteiger partial charge in [0, 0.05) is 29.9 Å². The lowest BCUT2D eigenvalue weighted by Gasteiger charge is -2.26. The van der Waals surface area contributed by atoms with Crippen LogP contribution in [0.15, 0.2) is 48.7 Å². The standard InChI is InChI=1S/C20H16ClFN4O/c1-12(16-11-24-19(10-23)15-6-4-3-5-14(15)16)26(2)20(27)25-13-7-8-18(22)17(21)9-13/h3-9,11-12H,1-2H3,(H,25,27). The van der Waals surface area contributed by atoms with Crippen LogP contribution >= 0.6 is 11.6 Å². The van der Waals surface area contributed by atoms with Gasteiger partial charge in [-0.25, -0.2) is 14.2 Å². The molecule has 0 bridgehead atoms. The Balaban J connectivity index is 1.88. The Morgan fingerprint density at radius 2 is 2.00 bits per heavy atom. The molecular weight excluding hydrogens is 367 g/mol. The van der Waals surface area contributed by atoms with Crippen molar-refractivity contribution in [3.63, 3.8) is 0 Å². The van der Waals surface area contributed by atoms with Crippen molar-refractivity contribution in [1.29, 1.82) is 5.26 Å². The minimum absolute atomic E-state index is 0.0641. The second kappa shape index (κ2) is 7.60. The van der Waals surface area contributed by atoms with Crippen molar-refractivity contribution in [1.82, 2.24) is 9.88 Å². The number of benzene rings is 2. The minimum atomic E-state index is -0.550. The number of amides is 2. The summed E-state index contributed by atoms with van der Waals surface area (Å²) in [6.07, 6.45) is 1.62. The van der Waals surface area contributed by atoms with E-state index in [0.29, 0.717) is 11.4 Å². The van der Waals surface area contributed by atoms with Gasteiger partial charge in [-0.3, -0.25) is 0 Å². The molecule has 1 N–H and O–H groups in total. The quantitative estimate of drug-likeness (QED) is 0.683. The largest absolute Gasteiger partial charge is 0.322 e. The summed E-state index contributed by atoms with van der Waals surface area (Å²) in [6, 6.07) is 12.8. The van der Waals surface area contributed by atoms with Gasteiger partial charge < -0.3 is 10.2 Å². The summed E-state index contributed by atoms with van der Waals surface area (Å²) in [5.74, 6) is -0.550. The van der Waals surface area contributed by atoms with Crippen molar-refractivity contribution in [2.45, 2.75) is 13.0 Å². The molecule has 3 rings (SSSR count). The Morgan fingerprint density at radius 1 is 1.30 bits per heavy atom. The summed E-state index contributed by atoms with van der Waals surface area (Å²) in [5.41, 5.74) is 1.56. The molecule has 2 aromatic carbocycles. The monoisotopic (exact) mass is 382 g/mol. The smallest absolute Gasteiger partial charge is 0.321 e. The Morgan fingerprint density at radius 3 is 2.67 bits per heavy atom. The molecule has 0 aliphatic carbocycles. The normalized spacial score (nSPS) is 11.7. The molecule has 1 heterocycles. The third kappa shape index (κ3) is 3.69. The molecule has 1 unspecified atom stereocenters. The zero-order valence-corrected chi connectivity index (χ0v) is 15.5. The van der Waals surface area contributed by atoms with Gasteiger partial charge in [0.2, 0.25) is 0 Å². The minimum Gasteiger partial charge on any atom is -0.321 e. The Bertz CT molecular complexity index is 1060. The molecule has 7 heteroatoms. The van der Waals surface area contributed by atoms with Gasteiger partial charge >= 0.3 is 6.03 Å². The van der Waals surface area contributed by atoms with Crippen molar-refractivity contribution < 1.29 is 9.18 Å². The van der Waals surface area contributed by atoms with Crippen molar-refractivity contribution in [3.8, 4) is 6.07 Å². The number of pyridine rings is 1. The van der Waals surface area contributed by atoms with Gasteiger partial charge in [-0.2, -0.15) is 5.26 Å². The fourth-order valence-electron chi connectivity index (χ4n) is 2.81. The maximum absolute atomic E-state index is 13.3. The molecule has 0 radical (unpaired) electrons. The number of fused-ring (bicyclic) bond motifs is 1. The van der Waals surface area contributed by atoms with Crippen LogP contribution < -0.4 is 5.32 Å². The van der Waals surface area contributed by atoms with Crippen LogP contribution in [0.2, 0.25) is 5.02 Å². The second-order valence-corrected chi connectivity index (χ2v) is 6.47. The molecule has 0 saturated carbocycles. The Hall–Kier alpha value is -3.17. The fraction of sp³-hybridized carbons (Fsp3) is 0.150. The maximum Gasteiger partial charge on any atom is 0.322 e. The number of halogens is 2. The number of hydrogen-bond acceptors (Lipinski definition) is 3. The average molecular weight is 383 g/mol. The first-order valence-electron chi connectivity index (χ1n) is 8.19. The third-order valence-corrected chi connectivity index (χ3v) is 4.74. The molecule has 0 aliphatic heterocycles. The lowest BCUT2D eigenvalue weighted by molar-refractivity contribution is 0.208. The van der Waals surface area contributed by atoms with Crippen molar-refractivity contribution >= 4 is 34.1 Å². The Kier molecular flexibility index (Phi) is 5.24. The molecule has 1 atom stereocenters. The summed E-state index contributed by atoms with van der Waals surface area (Å²) in [5, 5.41) is 13.5. The van der Waals surface area contributed by atoms with Crippen molar-refractivity contribution in [3.05, 3.63) is 70.8 Å². The number of hydrogen-bond donors (Lipinski definition) is 1. The van der Waals surface area contributed by atoms with E-state index in [-0.39, 0.29) is 17.1 Å². The van der Waals surface area contributed by atoms with Crippen LogP contribution in [0.5, 0.6) is 0 Å². The maximum atomic E-state index is 13.3. The van der Waals surface area contributed by atoms with Gasteiger partial charge in [-0.1, -0.05) is 35.9 Å². The van der Waals surface area contributed by atoms with Gasteiger partial charge in [0.15, 0.2) is 0 Å². The van der Waals surface area contributed by atoms with E-state index in [9.17, 15) is 14.4 Å². The lowest BCUT2D eigenvalue weighted by atomic mass is 10.00. The highest BCUT2D eigenvalue weighted by Gasteiger charge is 2.21. The SMILES string of the molecule is CC(c1cnc(C#N)c2ccccc12)N(C)C(=O)Nc1ccc(F)c(Cl)c1. The number of urea groups is 1. The topological polar surface area (TPSA) is 69.0 Å². The van der Waals surface area contributed by atoms with E-state index in [1.54, 1.807) is 13.2 Å². The molecule has 0 fully saturated rings. The number of carbonyl (C=O) groups excluding carboxylic acids is 1. The molecule has 0 spiro atoms. The van der Waals surface area contributed by atoms with Gasteiger partial charge in [-0.05, 0) is 30.5 Å². The lowest BCUT2D eigenvalue weighted by Crippen LogP contribution is -2.33. The van der Waals surface area contributed by atoms with Crippen molar-refractivity contribution in [2.75, 3.05) is 12.4 Å². The number of nitrogens with one attached hydrogen (secondary N) is 1. The molecule has 27 heavy (non-hydrogen) atoms. The van der Waals surface area contributed by atoms with Crippen LogP contribution in [0.1, 0.15) is 24.2 Å². The van der Waals surface area contributed by atoms with E-state index >= 15 is 0 Å². The number of aromatic nitrogens is 1. The summed E-state index contributed by atoms with van der Waals surface area (Å²) >= 11 is 5.75. The molecular formula is C20H16ClFN4O. The van der Waals surface area contributed by atoms with Gasteiger partial charge in [0.05, 0.1) is 11.1 Å². The molecule has 5 nitrogen and oxygen atoms in total. The zero-order valence-electron chi connectivity index (χ0n) is 14.7. The summed E-state index contributed by atoms with van der Waals surface area (Å²) in [6.45, 7) is 1.87. The van der Waals surface area contributed by atoms with Gasteiger partial charge in [0.25, 0.3) is 0 Å². The van der Waals surface area contributed by atoms with Crippen LogP contribution in [0, 0.1) is 17.1 Å². The van der Waals surface area contributed by atoms with Gasteiger partial charge in [0.1, 0.15) is 17.6 Å². The Labute approximate surface area is 161 Å². The van der Waals surface area contributed by atoms with Gasteiger partial charge in [-0.15, -0.1) is 0 Å². The predicted octanol–water partition coefficient (Wildman–Crippen LogP) is 5.12. The van der Waals surface area contributed by atoms with Crippen LogP contribution in [0.25, 0.3) is 10.8 Å². The van der Waals surface area contributed by atoms with E-state index in [2.05, 4.69) is 16.4 Å². The van der Waals surface area contributed by atoms with Crippen LogP contribution in [-0.4, -0.2) is 23.0 Å². The van der Waals surface area contributed by atoms with E-state index in [1.165, 1.54) is 23.1 Å². The first-order valence-corrected chi connectivity index (χ1v) is 8.56. The number of nitrogens with zero attached hydrogens (tertiary/aromatic N) is 3. The van der Waals surface area contributed by atoms with Crippen LogP contribution in [0.4, 0.5) is 14.9 Å². The fourth-order valence-corrected chi connectivity index (χ4v) is 2.99. The summed E-state index contributed by atoms with van der Waals surface area (Å²) in [4.78, 5) is 18.3. The number of nitriles is 1. The molecule has 1 aromatic heterocycles. The third-order valence-electron chi connectivity index (χ3n) is 4.45. The summed E-state index contributed by atoms with van der Waals surface area (Å²) < 4.78 is 13.3. The van der Waals surface area contributed by atoms with E-state index < -0.39 is 5.82 Å². The average Bonchev–Trinajstić information content (AvgIpc) is 2.68. The number of rotatable bonds is 3. The first kappa shape index (κ1) is 18.6. The van der Waals surface area contributed by atoms with E-state index in [1.807, 2.05) is 31.2 Å². The van der Waals surface area contributed by atoms with Crippen LogP contribution in [0.3, 0.4) is 0 Å². The first-order chi connectivity index (χ1) is 12.9. The molecule has 2 amide bonds. The predicted molar refractivity (Wildman–Crippen MR) is 103 cm³/mol. The highest BCUT2D eigenvalue weighted by molar-refractivity contribution is 6.31. The van der Waals surface area contributed by atoms with E-state index in [4.69, 9.17) is 11.6 Å². The van der Waals surface area contributed by atoms with Crippen LogP contribution in [-0.2, 0) is 0 Å². The highest BCUT2D eigenvalue weighted by atomic mass is 35.5. The zero-order chi connectivity index (χ0) is 19.6.